The van der Waals surface area contributed by atoms with Gasteiger partial charge in [0.2, 0.25) is 0 Å². The van der Waals surface area contributed by atoms with E-state index in [9.17, 15) is 8.42 Å². The molecular formula is C6H12O4S. The second-order valence-corrected chi connectivity index (χ2v) is 2.66. The molecule has 0 aliphatic carbocycles. The normalized spacial score (nSPS) is 13.3. The van der Waals surface area contributed by atoms with Crippen molar-refractivity contribution >= 4 is 11.0 Å². The van der Waals surface area contributed by atoms with Gasteiger partial charge in [0.15, 0.2) is 0 Å². The molecule has 0 bridgehead atoms. The molecule has 0 amide bonds. The number of hydrogen-bond acceptors (Lipinski definition) is 4. The third-order valence-corrected chi connectivity index (χ3v) is 1.60. The molecule has 0 spiro atoms. The highest BCUT2D eigenvalue weighted by Crippen LogP contribution is 2.01. The molecule has 11 heavy (non-hydrogen) atoms. The van der Waals surface area contributed by atoms with E-state index >= 15 is 0 Å². The summed E-state index contributed by atoms with van der Waals surface area (Å²) in [7, 11) is -2.86. The number of aliphatic hydroxyl groups is 1. The summed E-state index contributed by atoms with van der Waals surface area (Å²) in [5.74, 6) is 0. The van der Waals surface area contributed by atoms with Crippen LogP contribution >= 0.6 is 0 Å². The average molecular weight is 180 g/mol. The Bertz CT molecular complexity index is 167. The van der Waals surface area contributed by atoms with Gasteiger partial charge in [-0.1, -0.05) is 6.08 Å². The summed E-state index contributed by atoms with van der Waals surface area (Å²) in [5, 5.41) is 8.57. The van der Waals surface area contributed by atoms with E-state index in [1.807, 2.05) is 0 Å². The maximum absolute atomic E-state index is 10.0. The van der Waals surface area contributed by atoms with E-state index in [1.165, 1.54) is 0 Å². The Hall–Kier alpha value is -0.390. The van der Waals surface area contributed by atoms with Gasteiger partial charge in [-0.15, -0.1) is 6.58 Å². The Kier molecular flexibility index (Phi) is 6.10. The largest absolute Gasteiger partial charge is 0.394 e. The van der Waals surface area contributed by atoms with Gasteiger partial charge < -0.3 is 5.11 Å². The fourth-order valence-corrected chi connectivity index (χ4v) is 1.02. The highest BCUT2D eigenvalue weighted by molar-refractivity contribution is 7.67. The lowest BCUT2D eigenvalue weighted by atomic mass is 10.2. The quantitative estimate of drug-likeness (QED) is 0.441. The molecule has 0 rings (SSSR count). The van der Waals surface area contributed by atoms with Crippen molar-refractivity contribution in [3.05, 3.63) is 12.7 Å². The van der Waals surface area contributed by atoms with Gasteiger partial charge in [0.05, 0.1) is 6.61 Å². The first-order valence-corrected chi connectivity index (χ1v) is 4.33. The van der Waals surface area contributed by atoms with Crippen molar-refractivity contribution in [3.63, 3.8) is 0 Å². The van der Waals surface area contributed by atoms with Crippen LogP contribution in [0.25, 0.3) is 0 Å². The van der Waals surface area contributed by atoms with Crippen LogP contribution in [0.1, 0.15) is 12.8 Å². The lowest BCUT2D eigenvalue weighted by Crippen LogP contribution is -2.16. The minimum Gasteiger partial charge on any atom is -0.394 e. The Morgan fingerprint density at radius 3 is 2.64 bits per heavy atom. The van der Waals surface area contributed by atoms with E-state index < -0.39 is 17.1 Å². The molecule has 0 aromatic heterocycles. The second kappa shape index (κ2) is 6.33. The summed E-state index contributed by atoms with van der Waals surface area (Å²) in [6, 6.07) is 0. The zero-order valence-electron chi connectivity index (χ0n) is 6.10. The van der Waals surface area contributed by atoms with Crippen molar-refractivity contribution in [3.8, 4) is 0 Å². The van der Waals surface area contributed by atoms with Gasteiger partial charge >= 0.3 is 0 Å². The third-order valence-electron chi connectivity index (χ3n) is 1.13. The Morgan fingerprint density at radius 1 is 1.64 bits per heavy atom. The number of allylic oxidation sites excluding steroid dienone is 1. The van der Waals surface area contributed by atoms with Crippen LogP contribution in [0.2, 0.25) is 0 Å². The van der Waals surface area contributed by atoms with Gasteiger partial charge in [-0.25, -0.2) is 8.42 Å². The van der Waals surface area contributed by atoms with Gasteiger partial charge in [0.25, 0.3) is 11.0 Å². The Balaban J connectivity index is 3.65. The molecule has 0 aliphatic rings. The van der Waals surface area contributed by atoms with E-state index in [1.54, 1.807) is 6.08 Å². The van der Waals surface area contributed by atoms with Gasteiger partial charge in [-0.2, -0.15) is 0 Å². The predicted molar refractivity (Wildman–Crippen MR) is 41.7 cm³/mol. The summed E-state index contributed by atoms with van der Waals surface area (Å²) in [4.78, 5) is 0. The van der Waals surface area contributed by atoms with Crippen LogP contribution in [-0.2, 0) is 15.2 Å². The number of hydrogen-bond donors (Lipinski definition) is 2. The molecule has 0 radical (unpaired) electrons. The maximum atomic E-state index is 10.0. The number of thiol groups is 1. The molecule has 0 heterocycles. The highest BCUT2D eigenvalue weighted by Gasteiger charge is 2.06. The summed E-state index contributed by atoms with van der Waals surface area (Å²) >= 11 is 0. The fraction of sp³-hybridized carbons (Fsp3) is 0.667. The van der Waals surface area contributed by atoms with Gasteiger partial charge in [0, 0.05) is 0 Å². The minimum absolute atomic E-state index is 0.281. The molecule has 5 heteroatoms. The van der Waals surface area contributed by atoms with Crippen molar-refractivity contribution in [2.75, 3.05) is 6.61 Å². The van der Waals surface area contributed by atoms with E-state index in [4.69, 9.17) is 5.11 Å². The topological polar surface area (TPSA) is 63.6 Å². The van der Waals surface area contributed by atoms with Gasteiger partial charge in [-0.05, 0) is 12.8 Å². The summed E-state index contributed by atoms with van der Waals surface area (Å²) in [5.41, 5.74) is 0. The summed E-state index contributed by atoms with van der Waals surface area (Å²) in [6.45, 7) is 3.18. The van der Waals surface area contributed by atoms with Crippen LogP contribution in [-0.4, -0.2) is 26.2 Å². The van der Waals surface area contributed by atoms with Gasteiger partial charge in [0.1, 0.15) is 6.10 Å². The molecule has 0 aromatic rings. The van der Waals surface area contributed by atoms with Crippen molar-refractivity contribution in [2.24, 2.45) is 0 Å². The minimum atomic E-state index is -2.86. The first-order chi connectivity index (χ1) is 5.20. The first kappa shape index (κ1) is 10.6. The molecule has 0 aromatic carbocycles. The summed E-state index contributed by atoms with van der Waals surface area (Å²) < 4.78 is 24.4. The maximum Gasteiger partial charge on any atom is 0.257 e. The van der Waals surface area contributed by atoms with Crippen LogP contribution in [0.15, 0.2) is 12.7 Å². The van der Waals surface area contributed by atoms with Crippen molar-refractivity contribution in [1.29, 1.82) is 0 Å². The van der Waals surface area contributed by atoms with Crippen LogP contribution in [0.3, 0.4) is 0 Å². The van der Waals surface area contributed by atoms with Crippen molar-refractivity contribution in [2.45, 2.75) is 18.9 Å². The van der Waals surface area contributed by atoms with Gasteiger partial charge in [-0.3, -0.25) is 4.18 Å². The summed E-state index contributed by atoms with van der Waals surface area (Å²) in [6.07, 6.45) is 2.14. The highest BCUT2D eigenvalue weighted by atomic mass is 32.2. The monoisotopic (exact) mass is 180 g/mol. The van der Waals surface area contributed by atoms with E-state index in [0.717, 1.165) is 0 Å². The molecule has 0 aliphatic heterocycles. The van der Waals surface area contributed by atoms with E-state index in [0.29, 0.717) is 12.8 Å². The van der Waals surface area contributed by atoms with Crippen molar-refractivity contribution < 1.29 is 17.7 Å². The lowest BCUT2D eigenvalue weighted by molar-refractivity contribution is 0.120. The lowest BCUT2D eigenvalue weighted by Gasteiger charge is -2.07. The fourth-order valence-electron chi connectivity index (χ4n) is 0.603. The van der Waals surface area contributed by atoms with E-state index in [2.05, 4.69) is 10.8 Å². The molecule has 0 saturated carbocycles. The smallest absolute Gasteiger partial charge is 0.257 e. The first-order valence-electron chi connectivity index (χ1n) is 3.23. The zero-order chi connectivity index (χ0) is 8.69. The van der Waals surface area contributed by atoms with Crippen LogP contribution in [0.5, 0.6) is 0 Å². The second-order valence-electron chi connectivity index (χ2n) is 2.00. The molecule has 1 unspecified atom stereocenters. The molecule has 0 saturated heterocycles. The van der Waals surface area contributed by atoms with Crippen LogP contribution < -0.4 is 0 Å². The van der Waals surface area contributed by atoms with E-state index in [-0.39, 0.29) is 6.61 Å². The molecular weight excluding hydrogens is 168 g/mol. The predicted octanol–water partition coefficient (Wildman–Crippen LogP) is -0.143. The standard InChI is InChI=1S/C6H12O4S/c1-2-3-4-6(5-7)10-11(8)9/h2,6-7,11H,1,3-5H2. The third kappa shape index (κ3) is 6.03. The zero-order valence-corrected chi connectivity index (χ0v) is 7.00. The average Bonchev–Trinajstić information content (AvgIpc) is 1.97. The number of rotatable bonds is 6. The van der Waals surface area contributed by atoms with Crippen molar-refractivity contribution in [1.82, 2.24) is 0 Å². The van der Waals surface area contributed by atoms with Crippen LogP contribution in [0.4, 0.5) is 0 Å². The van der Waals surface area contributed by atoms with Crippen LogP contribution in [0, 0.1) is 0 Å². The Labute approximate surface area is 67.6 Å². The Morgan fingerprint density at radius 2 is 2.27 bits per heavy atom. The molecule has 1 N–H and O–H groups in total. The molecule has 4 nitrogen and oxygen atoms in total. The molecule has 1 atom stereocenters. The number of aliphatic hydroxyl groups excluding tert-OH is 1. The molecule has 0 fully saturated rings. The SMILES string of the molecule is C=CCCC(CO)O[SH](=O)=O. The molecule has 66 valence electrons.